The Morgan fingerprint density at radius 1 is 1.14 bits per heavy atom. The molecule has 1 aliphatic heterocycles. The van der Waals surface area contributed by atoms with Gasteiger partial charge in [-0.05, 0) is 67.9 Å². The lowest BCUT2D eigenvalue weighted by Gasteiger charge is -2.33. The molecule has 0 radical (unpaired) electrons. The molecule has 0 aromatic heterocycles. The Hall–Kier alpha value is -2.82. The van der Waals surface area contributed by atoms with Crippen LogP contribution in [0.25, 0.3) is 0 Å². The number of rotatable bonds is 5. The van der Waals surface area contributed by atoms with E-state index in [-0.39, 0.29) is 11.9 Å². The second-order valence-corrected chi connectivity index (χ2v) is 7.77. The van der Waals surface area contributed by atoms with Crippen molar-refractivity contribution in [1.82, 2.24) is 10.2 Å². The van der Waals surface area contributed by atoms with Gasteiger partial charge in [-0.15, -0.1) is 0 Å². The van der Waals surface area contributed by atoms with Gasteiger partial charge >= 0.3 is 6.03 Å². The SMILES string of the molecule is Cc1ccc(C)c(OCCCN2C(=O)N[C@]3(CCCc4ccccc43)C2=O)c1. The quantitative estimate of drug-likeness (QED) is 0.635. The number of fused-ring (bicyclic) bond motifs is 2. The van der Waals surface area contributed by atoms with Crippen molar-refractivity contribution in [3.63, 3.8) is 0 Å². The van der Waals surface area contributed by atoms with Crippen LogP contribution in [0.1, 0.15) is 41.5 Å². The van der Waals surface area contributed by atoms with Gasteiger partial charge in [-0.3, -0.25) is 9.69 Å². The van der Waals surface area contributed by atoms with Crippen LogP contribution in [-0.2, 0) is 16.8 Å². The van der Waals surface area contributed by atoms with Crippen LogP contribution in [0.5, 0.6) is 5.75 Å². The molecule has 1 N–H and O–H groups in total. The molecule has 1 heterocycles. The van der Waals surface area contributed by atoms with Gasteiger partial charge in [0, 0.05) is 6.54 Å². The summed E-state index contributed by atoms with van der Waals surface area (Å²) in [6.45, 7) is 4.86. The molecule has 1 aliphatic carbocycles. The molecule has 5 heteroatoms. The van der Waals surface area contributed by atoms with Gasteiger partial charge in [-0.1, -0.05) is 36.4 Å². The zero-order valence-corrected chi connectivity index (χ0v) is 16.5. The summed E-state index contributed by atoms with van der Waals surface area (Å²) in [5, 5.41) is 3.00. The molecule has 2 aromatic carbocycles. The Bertz CT molecular complexity index is 924. The van der Waals surface area contributed by atoms with Crippen molar-refractivity contribution in [2.24, 2.45) is 0 Å². The van der Waals surface area contributed by atoms with Gasteiger partial charge < -0.3 is 10.1 Å². The molecule has 2 aromatic rings. The summed E-state index contributed by atoms with van der Waals surface area (Å²) in [6, 6.07) is 13.7. The zero-order valence-electron chi connectivity index (χ0n) is 16.5. The predicted octanol–water partition coefficient (Wildman–Crippen LogP) is 3.86. The van der Waals surface area contributed by atoms with Gasteiger partial charge in [0.1, 0.15) is 11.3 Å². The van der Waals surface area contributed by atoms with Crippen LogP contribution < -0.4 is 10.1 Å². The third-order valence-corrected chi connectivity index (χ3v) is 5.78. The summed E-state index contributed by atoms with van der Waals surface area (Å²) >= 11 is 0. The van der Waals surface area contributed by atoms with E-state index in [1.54, 1.807) is 0 Å². The van der Waals surface area contributed by atoms with E-state index in [1.807, 2.05) is 44.2 Å². The fourth-order valence-electron chi connectivity index (χ4n) is 4.28. The van der Waals surface area contributed by atoms with Crippen LogP contribution in [0.2, 0.25) is 0 Å². The van der Waals surface area contributed by atoms with Crippen molar-refractivity contribution >= 4 is 11.9 Å². The highest BCUT2D eigenvalue weighted by Gasteiger charge is 2.53. The van der Waals surface area contributed by atoms with Crippen LogP contribution in [0.4, 0.5) is 4.79 Å². The average Bonchev–Trinajstić information content (AvgIpc) is 2.92. The van der Waals surface area contributed by atoms with Crippen LogP contribution in [0.15, 0.2) is 42.5 Å². The number of ether oxygens (including phenoxy) is 1. The lowest BCUT2D eigenvalue weighted by molar-refractivity contribution is -0.132. The number of urea groups is 1. The number of nitrogens with zero attached hydrogens (tertiary/aromatic N) is 1. The number of carbonyl (C=O) groups is 2. The average molecular weight is 378 g/mol. The van der Waals surface area contributed by atoms with Crippen LogP contribution >= 0.6 is 0 Å². The summed E-state index contributed by atoms with van der Waals surface area (Å²) in [7, 11) is 0. The largest absolute Gasteiger partial charge is 0.493 e. The second-order valence-electron chi connectivity index (χ2n) is 7.77. The molecule has 0 bridgehead atoms. The van der Waals surface area contributed by atoms with Crippen LogP contribution in [0.3, 0.4) is 0 Å². The molecule has 0 unspecified atom stereocenters. The number of aryl methyl sites for hydroxylation is 3. The lowest BCUT2D eigenvalue weighted by Crippen LogP contribution is -2.46. The van der Waals surface area contributed by atoms with Crippen molar-refractivity contribution in [2.45, 2.75) is 45.1 Å². The Kier molecular flexibility index (Phi) is 4.84. The number of hydrogen-bond donors (Lipinski definition) is 1. The first-order chi connectivity index (χ1) is 13.5. The number of nitrogens with one attached hydrogen (secondary N) is 1. The summed E-state index contributed by atoms with van der Waals surface area (Å²) in [5.41, 5.74) is 3.45. The van der Waals surface area contributed by atoms with Gasteiger partial charge in [-0.2, -0.15) is 0 Å². The van der Waals surface area contributed by atoms with E-state index in [1.165, 1.54) is 4.90 Å². The first-order valence-corrected chi connectivity index (χ1v) is 9.94. The zero-order chi connectivity index (χ0) is 19.7. The highest BCUT2D eigenvalue weighted by atomic mass is 16.5. The third kappa shape index (κ3) is 3.15. The van der Waals surface area contributed by atoms with Crippen molar-refractivity contribution in [3.05, 3.63) is 64.7 Å². The molecule has 1 spiro atoms. The van der Waals surface area contributed by atoms with Gasteiger partial charge in [0.2, 0.25) is 0 Å². The molecule has 1 atom stereocenters. The second kappa shape index (κ2) is 7.30. The fraction of sp³-hybridized carbons (Fsp3) is 0.391. The predicted molar refractivity (Wildman–Crippen MR) is 107 cm³/mol. The molecule has 3 amide bonds. The monoisotopic (exact) mass is 378 g/mol. The highest BCUT2D eigenvalue weighted by molar-refractivity contribution is 6.07. The Morgan fingerprint density at radius 3 is 2.82 bits per heavy atom. The normalized spacial score (nSPS) is 21.0. The van der Waals surface area contributed by atoms with Crippen LogP contribution in [0, 0.1) is 13.8 Å². The molecule has 2 aliphatic rings. The first-order valence-electron chi connectivity index (χ1n) is 9.94. The molecule has 1 saturated heterocycles. The van der Waals surface area contributed by atoms with Gasteiger partial charge in [0.05, 0.1) is 6.61 Å². The summed E-state index contributed by atoms with van der Waals surface area (Å²) in [4.78, 5) is 27.2. The Morgan fingerprint density at radius 2 is 1.96 bits per heavy atom. The molecule has 0 saturated carbocycles. The smallest absolute Gasteiger partial charge is 0.325 e. The van der Waals surface area contributed by atoms with Gasteiger partial charge in [0.25, 0.3) is 5.91 Å². The maximum atomic E-state index is 13.2. The van der Waals surface area contributed by atoms with Crippen molar-refractivity contribution in [2.75, 3.05) is 13.2 Å². The molecule has 5 nitrogen and oxygen atoms in total. The minimum atomic E-state index is -0.889. The Balaban J connectivity index is 1.42. The Labute approximate surface area is 165 Å². The van der Waals surface area contributed by atoms with Crippen molar-refractivity contribution in [1.29, 1.82) is 0 Å². The minimum Gasteiger partial charge on any atom is -0.493 e. The van der Waals surface area contributed by atoms with Crippen molar-refractivity contribution < 1.29 is 14.3 Å². The minimum absolute atomic E-state index is 0.128. The van der Waals surface area contributed by atoms with E-state index in [0.29, 0.717) is 26.0 Å². The molecule has 1 fully saturated rings. The number of amides is 3. The molecule has 146 valence electrons. The van der Waals surface area contributed by atoms with E-state index in [0.717, 1.165) is 40.8 Å². The first kappa shape index (κ1) is 18.5. The van der Waals surface area contributed by atoms with Gasteiger partial charge in [-0.25, -0.2) is 4.79 Å². The van der Waals surface area contributed by atoms with Crippen LogP contribution in [-0.4, -0.2) is 30.0 Å². The van der Waals surface area contributed by atoms with Gasteiger partial charge in [0.15, 0.2) is 0 Å². The third-order valence-electron chi connectivity index (χ3n) is 5.78. The summed E-state index contributed by atoms with van der Waals surface area (Å²) < 4.78 is 5.87. The number of benzene rings is 2. The van der Waals surface area contributed by atoms with E-state index < -0.39 is 5.54 Å². The molecule has 4 rings (SSSR count). The fourth-order valence-corrected chi connectivity index (χ4v) is 4.28. The highest BCUT2D eigenvalue weighted by Crippen LogP contribution is 2.39. The number of imide groups is 1. The molecule has 28 heavy (non-hydrogen) atoms. The maximum Gasteiger partial charge on any atom is 0.325 e. The number of carbonyl (C=O) groups excluding carboxylic acids is 2. The van der Waals surface area contributed by atoms with E-state index in [2.05, 4.69) is 17.4 Å². The standard InChI is InChI=1S/C23H26N2O3/c1-16-10-11-17(2)20(15-16)28-14-6-13-25-21(26)23(24-22(25)27)12-5-8-18-7-3-4-9-19(18)23/h3-4,7,9-11,15H,5-6,8,12-14H2,1-2H3,(H,24,27)/t23-/m0/s1. The van der Waals surface area contributed by atoms with E-state index >= 15 is 0 Å². The van der Waals surface area contributed by atoms with E-state index in [4.69, 9.17) is 4.74 Å². The molecular weight excluding hydrogens is 352 g/mol. The lowest BCUT2D eigenvalue weighted by atomic mass is 9.76. The number of hydrogen-bond acceptors (Lipinski definition) is 3. The maximum absolute atomic E-state index is 13.2. The van der Waals surface area contributed by atoms with E-state index in [9.17, 15) is 9.59 Å². The van der Waals surface area contributed by atoms with Crippen molar-refractivity contribution in [3.8, 4) is 5.75 Å². The topological polar surface area (TPSA) is 58.6 Å². The molecular formula is C23H26N2O3. The summed E-state index contributed by atoms with van der Waals surface area (Å²) in [5.74, 6) is 0.728. The summed E-state index contributed by atoms with van der Waals surface area (Å²) in [6.07, 6.45) is 3.10.